The number of hydrogen-bond donors (Lipinski definition) is 2. The maximum Gasteiger partial charge on any atom is 0.416 e. The van der Waals surface area contributed by atoms with Crippen LogP contribution in [0.4, 0.5) is 18.9 Å². The van der Waals surface area contributed by atoms with Crippen molar-refractivity contribution >= 4 is 11.6 Å². The summed E-state index contributed by atoms with van der Waals surface area (Å²) in [7, 11) is 0. The molecular weight excluding hydrogens is 389 g/mol. The number of ether oxygens (including phenoxy) is 1. The smallest absolute Gasteiger partial charge is 0.376 e. The molecule has 1 unspecified atom stereocenters. The van der Waals surface area contributed by atoms with E-state index < -0.39 is 23.2 Å². The summed E-state index contributed by atoms with van der Waals surface area (Å²) in [6, 6.07) is 4.34. The van der Waals surface area contributed by atoms with Gasteiger partial charge in [-0.3, -0.25) is 9.59 Å². The third kappa shape index (κ3) is 4.02. The zero-order valence-corrected chi connectivity index (χ0v) is 15.1. The zero-order valence-electron chi connectivity index (χ0n) is 15.1. The standard InChI is InChI=1S/C19H17F3N4O3/c20-19(21,22)11-3-1-4-12(7-11)23-17(27)14-9-26(8-13-5-2-6-29-13)10-15-16(14)24-25-18(15)28/h1,3-4,7,9-10,13H,2,5-6,8H2,(H,23,27)(H,25,28). The lowest BCUT2D eigenvalue weighted by Gasteiger charge is -2.16. The topological polar surface area (TPSA) is 89.0 Å². The lowest BCUT2D eigenvalue weighted by Crippen LogP contribution is -2.20. The Balaban J connectivity index is 1.65. The Morgan fingerprint density at radius 3 is 2.90 bits per heavy atom. The minimum Gasteiger partial charge on any atom is -0.376 e. The largest absolute Gasteiger partial charge is 0.416 e. The van der Waals surface area contributed by atoms with Gasteiger partial charge in [-0.05, 0) is 31.0 Å². The molecule has 0 radical (unpaired) electrons. The number of anilines is 1. The lowest BCUT2D eigenvalue weighted by atomic mass is 10.1. The summed E-state index contributed by atoms with van der Waals surface area (Å²) in [5.41, 5.74) is -0.872. The third-order valence-electron chi connectivity index (χ3n) is 4.74. The second-order valence-electron chi connectivity index (χ2n) is 6.85. The van der Waals surface area contributed by atoms with Crippen LogP contribution in [0.2, 0.25) is 0 Å². The number of H-pyrrole nitrogens is 1. The molecule has 1 atom stereocenters. The van der Waals surface area contributed by atoms with Crippen LogP contribution in [-0.2, 0) is 17.5 Å². The quantitative estimate of drug-likeness (QED) is 0.697. The van der Waals surface area contributed by atoms with Crippen molar-refractivity contribution in [1.29, 1.82) is 0 Å². The van der Waals surface area contributed by atoms with Gasteiger partial charge in [0.05, 0.1) is 22.8 Å². The molecule has 2 N–H and O–H groups in total. The summed E-state index contributed by atoms with van der Waals surface area (Å²) in [5.74, 6) is -0.664. The first-order chi connectivity index (χ1) is 13.8. The summed E-state index contributed by atoms with van der Waals surface area (Å²) in [4.78, 5) is 24.8. The molecule has 3 heterocycles. The number of hydrogen-bond acceptors (Lipinski definition) is 4. The second kappa shape index (κ2) is 7.36. The van der Waals surface area contributed by atoms with Crippen molar-refractivity contribution in [3.05, 3.63) is 58.1 Å². The molecule has 1 amide bonds. The summed E-state index contributed by atoms with van der Waals surface area (Å²) in [6.45, 7) is 1.11. The Hall–Kier alpha value is -3.14. The Kier molecular flexibility index (Phi) is 4.87. The molecule has 7 nitrogen and oxygen atoms in total. The second-order valence-corrected chi connectivity index (χ2v) is 6.85. The van der Waals surface area contributed by atoms with Gasteiger partial charge >= 0.3 is 6.18 Å². The van der Waals surface area contributed by atoms with Crippen molar-refractivity contribution in [2.45, 2.75) is 31.7 Å². The molecule has 1 aromatic carbocycles. The van der Waals surface area contributed by atoms with Gasteiger partial charge in [0.2, 0.25) is 0 Å². The Morgan fingerprint density at radius 1 is 1.34 bits per heavy atom. The normalized spacial score (nSPS) is 17.0. The van der Waals surface area contributed by atoms with E-state index in [0.29, 0.717) is 13.2 Å². The highest BCUT2D eigenvalue weighted by molar-refractivity contribution is 6.08. The number of amides is 1. The van der Waals surface area contributed by atoms with E-state index in [2.05, 4.69) is 15.5 Å². The third-order valence-corrected chi connectivity index (χ3v) is 4.74. The molecule has 0 saturated carbocycles. The van der Waals surface area contributed by atoms with Gasteiger partial charge in [-0.2, -0.15) is 18.3 Å². The lowest BCUT2D eigenvalue weighted by molar-refractivity contribution is -0.137. The maximum absolute atomic E-state index is 12.9. The molecule has 3 aliphatic heterocycles. The van der Waals surface area contributed by atoms with E-state index >= 15 is 0 Å². The van der Waals surface area contributed by atoms with Crippen molar-refractivity contribution in [3.63, 3.8) is 0 Å². The number of nitrogens with zero attached hydrogens (tertiary/aromatic N) is 2. The van der Waals surface area contributed by atoms with Gasteiger partial charge in [-0.25, -0.2) is 5.10 Å². The monoisotopic (exact) mass is 406 g/mol. The van der Waals surface area contributed by atoms with Crippen LogP contribution in [0.5, 0.6) is 0 Å². The summed E-state index contributed by atoms with van der Waals surface area (Å²) in [5, 5.41) is 8.65. The highest BCUT2D eigenvalue weighted by atomic mass is 19.4. The molecule has 1 saturated heterocycles. The number of halogens is 3. The van der Waals surface area contributed by atoms with Crippen LogP contribution >= 0.6 is 0 Å². The number of carbonyl (C=O) groups excluding carboxylic acids is 1. The number of fused-ring (bicyclic) bond motifs is 1. The van der Waals surface area contributed by atoms with Crippen LogP contribution in [0, 0.1) is 0 Å². The Bertz CT molecular complexity index is 1070. The molecule has 0 aliphatic carbocycles. The predicted octanol–water partition coefficient (Wildman–Crippen LogP) is 3.13. The van der Waals surface area contributed by atoms with Crippen molar-refractivity contribution in [2.75, 3.05) is 11.9 Å². The molecule has 10 heteroatoms. The molecule has 0 bridgehead atoms. The van der Waals surface area contributed by atoms with Crippen LogP contribution < -0.4 is 10.9 Å². The maximum atomic E-state index is 12.9. The highest BCUT2D eigenvalue weighted by Crippen LogP contribution is 2.31. The number of pyridine rings is 1. The van der Waals surface area contributed by atoms with Crippen LogP contribution in [0.25, 0.3) is 11.3 Å². The van der Waals surface area contributed by atoms with Crippen molar-refractivity contribution in [3.8, 4) is 11.3 Å². The molecular formula is C19H17F3N4O3. The predicted molar refractivity (Wildman–Crippen MR) is 97.8 cm³/mol. The summed E-state index contributed by atoms with van der Waals surface area (Å²) < 4.78 is 46.0. The Morgan fingerprint density at radius 2 is 2.17 bits per heavy atom. The number of nitrogens with one attached hydrogen (secondary N) is 2. The fourth-order valence-corrected chi connectivity index (χ4v) is 3.36. The molecule has 0 aromatic heterocycles. The molecule has 4 rings (SSSR count). The number of carbonyl (C=O) groups is 1. The van der Waals surface area contributed by atoms with Gasteiger partial charge in [0, 0.05) is 31.2 Å². The molecule has 152 valence electrons. The average Bonchev–Trinajstić information content (AvgIpc) is 3.31. The van der Waals surface area contributed by atoms with Crippen molar-refractivity contribution < 1.29 is 22.7 Å². The fourth-order valence-electron chi connectivity index (χ4n) is 3.36. The van der Waals surface area contributed by atoms with Crippen LogP contribution in [0.15, 0.2) is 41.5 Å². The first kappa shape index (κ1) is 19.2. The number of aromatic amines is 1. The first-order valence-corrected chi connectivity index (χ1v) is 8.99. The van der Waals surface area contributed by atoms with E-state index in [1.807, 2.05) is 0 Å². The number of rotatable bonds is 4. The fraction of sp³-hybridized carbons (Fsp3) is 0.316. The Labute approximate surface area is 162 Å². The van der Waals surface area contributed by atoms with Gasteiger partial charge in [0.1, 0.15) is 5.69 Å². The number of aromatic nitrogens is 3. The summed E-state index contributed by atoms with van der Waals surface area (Å²) >= 11 is 0. The van der Waals surface area contributed by atoms with Crippen LogP contribution in [0.1, 0.15) is 28.8 Å². The SMILES string of the molecule is O=C(Nc1cccc(C(F)(F)F)c1)c1cn(CC2CCCO2)cc2c(=O)[nH]nc1-2. The van der Waals surface area contributed by atoms with E-state index in [-0.39, 0.29) is 28.6 Å². The van der Waals surface area contributed by atoms with E-state index in [4.69, 9.17) is 4.74 Å². The van der Waals surface area contributed by atoms with Gasteiger partial charge < -0.3 is 14.6 Å². The average molecular weight is 406 g/mol. The van der Waals surface area contributed by atoms with Gasteiger partial charge in [-0.15, -0.1) is 0 Å². The zero-order chi connectivity index (χ0) is 20.6. The van der Waals surface area contributed by atoms with Gasteiger partial charge in [0.15, 0.2) is 0 Å². The minimum absolute atomic E-state index is 0.00890. The number of alkyl halides is 3. The van der Waals surface area contributed by atoms with Crippen LogP contribution in [-0.4, -0.2) is 33.4 Å². The van der Waals surface area contributed by atoms with E-state index in [1.54, 1.807) is 10.8 Å². The molecule has 29 heavy (non-hydrogen) atoms. The van der Waals surface area contributed by atoms with E-state index in [1.165, 1.54) is 18.3 Å². The molecule has 3 aliphatic rings. The van der Waals surface area contributed by atoms with Gasteiger partial charge in [-0.1, -0.05) is 6.07 Å². The minimum atomic E-state index is -4.52. The number of benzene rings is 1. The molecule has 1 fully saturated rings. The molecule has 0 spiro atoms. The van der Waals surface area contributed by atoms with E-state index in [9.17, 15) is 22.8 Å². The van der Waals surface area contributed by atoms with Gasteiger partial charge in [0.25, 0.3) is 11.5 Å². The molecule has 1 aromatic rings. The van der Waals surface area contributed by atoms with Crippen molar-refractivity contribution in [2.24, 2.45) is 0 Å². The summed E-state index contributed by atoms with van der Waals surface area (Å²) in [6.07, 6.45) is 0.363. The van der Waals surface area contributed by atoms with E-state index in [0.717, 1.165) is 25.0 Å². The van der Waals surface area contributed by atoms with Crippen molar-refractivity contribution in [1.82, 2.24) is 14.8 Å². The first-order valence-electron chi connectivity index (χ1n) is 8.99. The highest BCUT2D eigenvalue weighted by Gasteiger charge is 2.31. The van der Waals surface area contributed by atoms with Crippen LogP contribution in [0.3, 0.4) is 0 Å².